The molecular weight excluding hydrogens is 349 g/mol. The third-order valence-corrected chi connectivity index (χ3v) is 3.97. The van der Waals surface area contributed by atoms with Crippen LogP contribution in [-0.4, -0.2) is 37.6 Å². The largest absolute Gasteiger partial charge is 0.365 e. The number of ether oxygens (including phenoxy) is 1. The van der Waals surface area contributed by atoms with Gasteiger partial charge in [-0.15, -0.1) is 0 Å². The second kappa shape index (κ2) is 7.57. The molecule has 5 nitrogen and oxygen atoms in total. The molecule has 2 amide bonds. The number of morpholine rings is 1. The van der Waals surface area contributed by atoms with Gasteiger partial charge in [0, 0.05) is 12.2 Å². The predicted octanol–water partition coefficient (Wildman–Crippen LogP) is 2.27. The van der Waals surface area contributed by atoms with E-state index in [1.807, 2.05) is 6.07 Å². The van der Waals surface area contributed by atoms with Gasteiger partial charge >= 0.3 is 0 Å². The number of hydrogen-bond donors (Lipinski definition) is 1. The molecule has 136 valence electrons. The van der Waals surface area contributed by atoms with Crippen LogP contribution in [0.25, 0.3) is 0 Å². The van der Waals surface area contributed by atoms with Crippen molar-refractivity contribution in [3.63, 3.8) is 0 Å². The van der Waals surface area contributed by atoms with E-state index in [-0.39, 0.29) is 25.6 Å². The number of benzene rings is 2. The van der Waals surface area contributed by atoms with E-state index >= 15 is 0 Å². The summed E-state index contributed by atoms with van der Waals surface area (Å²) in [6, 6.07) is 10.5. The van der Waals surface area contributed by atoms with Gasteiger partial charge < -0.3 is 15.0 Å². The maximum Gasteiger partial charge on any atom is 0.254 e. The summed E-state index contributed by atoms with van der Waals surface area (Å²) in [6.45, 7) is 0.0201. The molecule has 2 aromatic rings. The Morgan fingerprint density at radius 1 is 1.12 bits per heavy atom. The second-order valence-electron chi connectivity index (χ2n) is 5.71. The number of para-hydroxylation sites is 1. The predicted molar refractivity (Wildman–Crippen MR) is 87.2 cm³/mol. The molecule has 3 rings (SSSR count). The molecule has 1 saturated heterocycles. The van der Waals surface area contributed by atoms with Gasteiger partial charge in [-0.05, 0) is 24.3 Å². The summed E-state index contributed by atoms with van der Waals surface area (Å²) >= 11 is 0. The van der Waals surface area contributed by atoms with Gasteiger partial charge in [0.25, 0.3) is 11.8 Å². The normalized spacial score (nSPS) is 17.3. The lowest BCUT2D eigenvalue weighted by atomic mass is 10.1. The molecule has 0 saturated carbocycles. The number of anilines is 1. The van der Waals surface area contributed by atoms with Crippen molar-refractivity contribution in [1.82, 2.24) is 5.32 Å². The number of nitrogens with zero attached hydrogens (tertiary/aromatic N) is 1. The fourth-order valence-corrected chi connectivity index (χ4v) is 2.61. The van der Waals surface area contributed by atoms with E-state index < -0.39 is 35.0 Å². The fourth-order valence-electron chi connectivity index (χ4n) is 2.61. The molecule has 1 atom stereocenters. The van der Waals surface area contributed by atoms with E-state index in [0.29, 0.717) is 11.8 Å². The van der Waals surface area contributed by atoms with Crippen LogP contribution in [0.3, 0.4) is 0 Å². The molecule has 0 radical (unpaired) electrons. The maximum absolute atomic E-state index is 13.7. The van der Waals surface area contributed by atoms with Crippen LogP contribution in [0.15, 0.2) is 42.5 Å². The Morgan fingerprint density at radius 2 is 1.85 bits per heavy atom. The first-order valence-corrected chi connectivity index (χ1v) is 7.86. The Hall–Kier alpha value is -2.87. The molecule has 8 heteroatoms. The third kappa shape index (κ3) is 3.70. The van der Waals surface area contributed by atoms with Gasteiger partial charge in [0.1, 0.15) is 6.61 Å². The Morgan fingerprint density at radius 3 is 2.58 bits per heavy atom. The number of carbonyl (C=O) groups is 2. The van der Waals surface area contributed by atoms with Gasteiger partial charge in [-0.1, -0.05) is 18.2 Å². The van der Waals surface area contributed by atoms with Crippen LogP contribution in [0.4, 0.5) is 18.9 Å². The fraction of sp³-hybridized carbons (Fsp3) is 0.222. The number of carbonyl (C=O) groups excluding carboxylic acids is 2. The number of hydrogen-bond acceptors (Lipinski definition) is 3. The Kier molecular flexibility index (Phi) is 5.22. The number of amides is 2. The van der Waals surface area contributed by atoms with Crippen LogP contribution in [0, 0.1) is 17.5 Å². The first-order valence-electron chi connectivity index (χ1n) is 7.86. The van der Waals surface area contributed by atoms with Crippen LogP contribution < -0.4 is 10.2 Å². The average Bonchev–Trinajstić information content (AvgIpc) is 2.66. The third-order valence-electron chi connectivity index (χ3n) is 3.97. The zero-order valence-corrected chi connectivity index (χ0v) is 13.5. The molecule has 0 aliphatic carbocycles. The van der Waals surface area contributed by atoms with E-state index in [1.165, 1.54) is 4.90 Å². The minimum Gasteiger partial charge on any atom is -0.365 e. The Labute approximate surface area is 147 Å². The first kappa shape index (κ1) is 17.9. The lowest BCUT2D eigenvalue weighted by molar-refractivity contribution is -0.129. The van der Waals surface area contributed by atoms with Crippen molar-refractivity contribution < 1.29 is 27.5 Å². The van der Waals surface area contributed by atoms with E-state index in [2.05, 4.69) is 5.32 Å². The minimum absolute atomic E-state index is 0.0200. The highest BCUT2D eigenvalue weighted by Crippen LogP contribution is 2.18. The van der Waals surface area contributed by atoms with Gasteiger partial charge in [0.05, 0.1) is 18.2 Å². The Bertz CT molecular complexity index is 830. The van der Waals surface area contributed by atoms with Crippen molar-refractivity contribution in [1.29, 1.82) is 0 Å². The highest BCUT2D eigenvalue weighted by Gasteiger charge is 2.28. The quantitative estimate of drug-likeness (QED) is 0.847. The van der Waals surface area contributed by atoms with Gasteiger partial charge in [-0.3, -0.25) is 9.59 Å². The lowest BCUT2D eigenvalue weighted by Crippen LogP contribution is -2.50. The molecule has 26 heavy (non-hydrogen) atoms. The second-order valence-corrected chi connectivity index (χ2v) is 5.71. The molecule has 1 aliphatic heterocycles. The van der Waals surface area contributed by atoms with Gasteiger partial charge in [-0.25, -0.2) is 13.2 Å². The molecule has 1 heterocycles. The highest BCUT2D eigenvalue weighted by atomic mass is 19.2. The highest BCUT2D eigenvalue weighted by molar-refractivity contribution is 5.95. The van der Waals surface area contributed by atoms with Crippen molar-refractivity contribution in [2.24, 2.45) is 0 Å². The molecule has 0 spiro atoms. The molecule has 1 fully saturated rings. The molecule has 0 aromatic heterocycles. The van der Waals surface area contributed by atoms with Crippen molar-refractivity contribution in [3.05, 3.63) is 65.5 Å². The summed E-state index contributed by atoms with van der Waals surface area (Å²) in [6.07, 6.45) is -0.523. The SMILES string of the molecule is O=C(NCC1CN(c2ccccc2)C(=O)CO1)c1ccc(F)c(F)c1F. The molecule has 1 aliphatic rings. The van der Waals surface area contributed by atoms with E-state index in [0.717, 1.165) is 6.07 Å². The van der Waals surface area contributed by atoms with Gasteiger partial charge in [0.15, 0.2) is 17.5 Å². The van der Waals surface area contributed by atoms with Crippen molar-refractivity contribution in [3.8, 4) is 0 Å². The zero-order valence-electron chi connectivity index (χ0n) is 13.5. The van der Waals surface area contributed by atoms with Crippen LogP contribution >= 0.6 is 0 Å². The molecule has 1 N–H and O–H groups in total. The van der Waals surface area contributed by atoms with Crippen LogP contribution in [0.2, 0.25) is 0 Å². The van der Waals surface area contributed by atoms with Crippen molar-refractivity contribution >= 4 is 17.5 Å². The Balaban J connectivity index is 1.64. The number of nitrogens with one attached hydrogen (secondary N) is 1. The number of rotatable bonds is 4. The van der Waals surface area contributed by atoms with Crippen molar-refractivity contribution in [2.45, 2.75) is 6.10 Å². The summed E-state index contributed by atoms with van der Waals surface area (Å²) in [4.78, 5) is 25.5. The average molecular weight is 364 g/mol. The molecule has 1 unspecified atom stereocenters. The first-order chi connectivity index (χ1) is 12.5. The van der Waals surface area contributed by atoms with E-state index in [9.17, 15) is 22.8 Å². The lowest BCUT2D eigenvalue weighted by Gasteiger charge is -2.32. The summed E-state index contributed by atoms with van der Waals surface area (Å²) in [5, 5.41) is 2.41. The standard InChI is InChI=1S/C18H15F3N2O3/c19-14-7-6-13(16(20)17(14)21)18(25)22-8-12-9-23(15(24)10-26-12)11-4-2-1-3-5-11/h1-7,12H,8-10H2,(H,22,25). The molecular formula is C18H15F3N2O3. The summed E-state index contributed by atoms with van der Waals surface area (Å²) in [7, 11) is 0. The van der Waals surface area contributed by atoms with Crippen LogP contribution in [0.5, 0.6) is 0 Å². The van der Waals surface area contributed by atoms with E-state index in [1.54, 1.807) is 24.3 Å². The van der Waals surface area contributed by atoms with E-state index in [4.69, 9.17) is 4.74 Å². The maximum atomic E-state index is 13.7. The summed E-state index contributed by atoms with van der Waals surface area (Å²) < 4.78 is 45.2. The molecule has 2 aromatic carbocycles. The van der Waals surface area contributed by atoms with Gasteiger partial charge in [0.2, 0.25) is 0 Å². The number of halogens is 3. The zero-order chi connectivity index (χ0) is 18.7. The smallest absolute Gasteiger partial charge is 0.254 e. The summed E-state index contributed by atoms with van der Waals surface area (Å²) in [5.41, 5.74) is 0.0967. The molecule has 0 bridgehead atoms. The monoisotopic (exact) mass is 364 g/mol. The van der Waals surface area contributed by atoms with Crippen molar-refractivity contribution in [2.75, 3.05) is 24.6 Å². The van der Waals surface area contributed by atoms with Crippen LogP contribution in [-0.2, 0) is 9.53 Å². The minimum atomic E-state index is -1.70. The summed E-state index contributed by atoms with van der Waals surface area (Å²) in [5.74, 6) is -5.73. The van der Waals surface area contributed by atoms with Crippen LogP contribution in [0.1, 0.15) is 10.4 Å². The van der Waals surface area contributed by atoms with Gasteiger partial charge in [-0.2, -0.15) is 0 Å². The topological polar surface area (TPSA) is 58.6 Å².